The Labute approximate surface area is 93.7 Å². The van der Waals surface area contributed by atoms with Crippen LogP contribution in [0.1, 0.15) is 31.1 Å². The summed E-state index contributed by atoms with van der Waals surface area (Å²) in [6, 6.07) is 3.72. The van der Waals surface area contributed by atoms with Gasteiger partial charge in [0.05, 0.1) is 10.4 Å². The van der Waals surface area contributed by atoms with E-state index in [1.54, 1.807) is 11.3 Å². The summed E-state index contributed by atoms with van der Waals surface area (Å²) >= 11 is 7.40. The van der Waals surface area contributed by atoms with Gasteiger partial charge in [-0.1, -0.05) is 18.5 Å². The highest BCUT2D eigenvalue weighted by Gasteiger charge is 2.16. The Bertz CT molecular complexity index is 287. The molecule has 0 spiro atoms. The Morgan fingerprint density at radius 1 is 1.50 bits per heavy atom. The van der Waals surface area contributed by atoms with E-state index in [9.17, 15) is 5.11 Å². The highest BCUT2D eigenvalue weighted by Crippen LogP contribution is 2.30. The van der Waals surface area contributed by atoms with Crippen LogP contribution in [-0.4, -0.2) is 17.3 Å². The lowest BCUT2D eigenvalue weighted by atomic mass is 9.99. The number of aliphatic hydroxyl groups is 1. The molecular weight excluding hydrogens is 218 g/mol. The van der Waals surface area contributed by atoms with Crippen molar-refractivity contribution in [2.45, 2.75) is 38.3 Å². The van der Waals surface area contributed by atoms with Crippen LogP contribution in [0.4, 0.5) is 0 Å². The lowest BCUT2D eigenvalue weighted by Crippen LogP contribution is -2.32. The highest BCUT2D eigenvalue weighted by molar-refractivity contribution is 7.16. The summed E-state index contributed by atoms with van der Waals surface area (Å²) < 4.78 is 0.794. The van der Waals surface area contributed by atoms with Crippen molar-refractivity contribution in [1.82, 2.24) is 0 Å². The van der Waals surface area contributed by atoms with Crippen molar-refractivity contribution < 1.29 is 5.11 Å². The Kier molecular flexibility index (Phi) is 4.38. The standard InChI is InChI=1S/C10H16ClNOS/c1-6(5-8(13)7(2)12)9-3-4-10(11)14-9/h3-4,6-8,13H,5,12H2,1-2H3. The van der Waals surface area contributed by atoms with E-state index < -0.39 is 6.10 Å². The Balaban J connectivity index is 2.54. The Hall–Kier alpha value is -0.0900. The quantitative estimate of drug-likeness (QED) is 0.840. The maximum absolute atomic E-state index is 9.61. The molecule has 80 valence electrons. The van der Waals surface area contributed by atoms with Gasteiger partial charge in [0.1, 0.15) is 0 Å². The molecule has 1 aromatic rings. The molecule has 3 unspecified atom stereocenters. The predicted molar refractivity (Wildman–Crippen MR) is 62.0 cm³/mol. The highest BCUT2D eigenvalue weighted by atomic mass is 35.5. The predicted octanol–water partition coefficient (Wildman–Crippen LogP) is 2.60. The maximum Gasteiger partial charge on any atom is 0.0931 e. The van der Waals surface area contributed by atoms with Crippen LogP contribution < -0.4 is 5.73 Å². The number of rotatable bonds is 4. The smallest absolute Gasteiger partial charge is 0.0931 e. The second-order valence-electron chi connectivity index (χ2n) is 3.71. The number of halogens is 1. The molecule has 2 nitrogen and oxygen atoms in total. The van der Waals surface area contributed by atoms with E-state index >= 15 is 0 Å². The van der Waals surface area contributed by atoms with Gasteiger partial charge >= 0.3 is 0 Å². The maximum atomic E-state index is 9.61. The first-order valence-electron chi connectivity index (χ1n) is 4.69. The lowest BCUT2D eigenvalue weighted by molar-refractivity contribution is 0.135. The molecule has 4 heteroatoms. The van der Waals surface area contributed by atoms with Gasteiger partial charge in [-0.3, -0.25) is 0 Å². The summed E-state index contributed by atoms with van der Waals surface area (Å²) in [6.07, 6.45) is 0.250. The SMILES string of the molecule is CC(CC(O)C(C)N)c1ccc(Cl)s1. The van der Waals surface area contributed by atoms with Crippen molar-refractivity contribution in [3.63, 3.8) is 0 Å². The zero-order valence-electron chi connectivity index (χ0n) is 8.40. The van der Waals surface area contributed by atoms with Gasteiger partial charge < -0.3 is 10.8 Å². The Morgan fingerprint density at radius 2 is 2.14 bits per heavy atom. The van der Waals surface area contributed by atoms with Crippen LogP contribution in [0.15, 0.2) is 12.1 Å². The second-order valence-corrected chi connectivity index (χ2v) is 5.45. The van der Waals surface area contributed by atoms with Crippen LogP contribution in [-0.2, 0) is 0 Å². The monoisotopic (exact) mass is 233 g/mol. The van der Waals surface area contributed by atoms with Crippen LogP contribution in [0.2, 0.25) is 4.34 Å². The van der Waals surface area contributed by atoms with Crippen molar-refractivity contribution in [3.05, 3.63) is 21.3 Å². The fraction of sp³-hybridized carbons (Fsp3) is 0.600. The molecule has 14 heavy (non-hydrogen) atoms. The number of hydrogen-bond acceptors (Lipinski definition) is 3. The third-order valence-corrected chi connectivity index (χ3v) is 3.74. The molecule has 3 atom stereocenters. The summed E-state index contributed by atoms with van der Waals surface area (Å²) in [5, 5.41) is 9.61. The minimum absolute atomic E-state index is 0.173. The second kappa shape index (κ2) is 5.12. The van der Waals surface area contributed by atoms with Crippen molar-refractivity contribution in [2.24, 2.45) is 5.73 Å². The minimum atomic E-state index is -0.439. The molecule has 0 amide bonds. The van der Waals surface area contributed by atoms with E-state index in [0.29, 0.717) is 12.3 Å². The number of hydrogen-bond donors (Lipinski definition) is 2. The van der Waals surface area contributed by atoms with E-state index in [-0.39, 0.29) is 6.04 Å². The van der Waals surface area contributed by atoms with Gasteiger partial charge in [0.25, 0.3) is 0 Å². The number of aliphatic hydroxyl groups excluding tert-OH is 1. The summed E-state index contributed by atoms with van der Waals surface area (Å²) in [6.45, 7) is 3.90. The van der Waals surface area contributed by atoms with Crippen molar-refractivity contribution in [2.75, 3.05) is 0 Å². The molecule has 0 bridgehead atoms. The summed E-state index contributed by atoms with van der Waals surface area (Å²) in [5.41, 5.74) is 5.59. The molecule has 1 rings (SSSR count). The summed E-state index contributed by atoms with van der Waals surface area (Å²) in [5.74, 6) is 0.313. The third-order valence-electron chi connectivity index (χ3n) is 2.28. The molecule has 1 aromatic heterocycles. The third kappa shape index (κ3) is 3.24. The van der Waals surface area contributed by atoms with Crippen LogP contribution in [0.25, 0.3) is 0 Å². The average molecular weight is 234 g/mol. The normalized spacial score (nSPS) is 17.8. The zero-order chi connectivity index (χ0) is 10.7. The van der Waals surface area contributed by atoms with E-state index in [4.69, 9.17) is 17.3 Å². The van der Waals surface area contributed by atoms with E-state index in [1.807, 2.05) is 19.1 Å². The summed E-state index contributed by atoms with van der Waals surface area (Å²) in [7, 11) is 0. The molecule has 0 aromatic carbocycles. The molecular formula is C10H16ClNOS. The molecule has 0 saturated carbocycles. The van der Waals surface area contributed by atoms with Gasteiger partial charge in [-0.25, -0.2) is 0 Å². The number of thiophene rings is 1. The fourth-order valence-corrected chi connectivity index (χ4v) is 2.41. The first-order valence-corrected chi connectivity index (χ1v) is 5.89. The molecule has 0 aliphatic rings. The topological polar surface area (TPSA) is 46.2 Å². The average Bonchev–Trinajstić information content (AvgIpc) is 2.51. The largest absolute Gasteiger partial charge is 0.392 e. The summed E-state index contributed by atoms with van der Waals surface area (Å²) in [4.78, 5) is 1.20. The lowest BCUT2D eigenvalue weighted by Gasteiger charge is -2.18. The van der Waals surface area contributed by atoms with Gasteiger partial charge in [-0.15, -0.1) is 11.3 Å². The zero-order valence-corrected chi connectivity index (χ0v) is 9.98. The van der Waals surface area contributed by atoms with Crippen molar-refractivity contribution >= 4 is 22.9 Å². The van der Waals surface area contributed by atoms with Crippen molar-refractivity contribution in [3.8, 4) is 0 Å². The van der Waals surface area contributed by atoms with Gasteiger partial charge in [0.15, 0.2) is 0 Å². The number of nitrogens with two attached hydrogens (primary N) is 1. The molecule has 0 fully saturated rings. The van der Waals surface area contributed by atoms with Gasteiger partial charge in [0, 0.05) is 10.9 Å². The van der Waals surface area contributed by atoms with Gasteiger partial charge in [-0.05, 0) is 31.4 Å². The first-order chi connectivity index (χ1) is 6.50. The minimum Gasteiger partial charge on any atom is -0.392 e. The molecule has 0 aliphatic heterocycles. The molecule has 3 N–H and O–H groups in total. The van der Waals surface area contributed by atoms with E-state index in [0.717, 1.165) is 4.34 Å². The van der Waals surface area contributed by atoms with Gasteiger partial charge in [0.2, 0.25) is 0 Å². The Morgan fingerprint density at radius 3 is 2.57 bits per heavy atom. The van der Waals surface area contributed by atoms with E-state index in [2.05, 4.69) is 6.92 Å². The van der Waals surface area contributed by atoms with Crippen LogP contribution >= 0.6 is 22.9 Å². The van der Waals surface area contributed by atoms with Crippen molar-refractivity contribution in [1.29, 1.82) is 0 Å². The molecule has 0 aliphatic carbocycles. The molecule has 1 heterocycles. The van der Waals surface area contributed by atoms with Crippen LogP contribution in [0.5, 0.6) is 0 Å². The van der Waals surface area contributed by atoms with Crippen LogP contribution in [0.3, 0.4) is 0 Å². The van der Waals surface area contributed by atoms with Gasteiger partial charge in [-0.2, -0.15) is 0 Å². The molecule has 0 radical (unpaired) electrons. The van der Waals surface area contributed by atoms with E-state index in [1.165, 1.54) is 4.88 Å². The van der Waals surface area contributed by atoms with Crippen LogP contribution in [0, 0.1) is 0 Å². The fourth-order valence-electron chi connectivity index (χ4n) is 1.29. The molecule has 0 saturated heterocycles. The first kappa shape index (κ1) is 12.0.